The van der Waals surface area contributed by atoms with Gasteiger partial charge in [0.05, 0.1) is 16.7 Å². The molecule has 2 heterocycles. The van der Waals surface area contributed by atoms with E-state index in [0.29, 0.717) is 11.5 Å². The lowest BCUT2D eigenvalue weighted by Gasteiger charge is -2.11. The molecule has 1 aliphatic heterocycles. The molecule has 110 valence electrons. The molecule has 3 rings (SSSR count). The number of thiophene rings is 1. The van der Waals surface area contributed by atoms with E-state index in [1.807, 2.05) is 0 Å². The number of anilines is 1. The second-order valence-electron chi connectivity index (χ2n) is 5.65. The van der Waals surface area contributed by atoms with Crippen LogP contribution in [0.5, 0.6) is 0 Å². The maximum atomic E-state index is 12.4. The highest BCUT2D eigenvalue weighted by atomic mass is 32.1. The first-order valence-corrected chi connectivity index (χ1v) is 8.37. The summed E-state index contributed by atoms with van der Waals surface area (Å²) in [5.74, 6) is -0.0163. The molecule has 1 atom stereocenters. The fourth-order valence-electron chi connectivity index (χ4n) is 3.11. The summed E-state index contributed by atoms with van der Waals surface area (Å²) in [6.45, 7) is 1.42. The number of nitrogens with one attached hydrogen (secondary N) is 1. The average molecular weight is 294 g/mol. The number of ether oxygens (including phenoxy) is 1. The van der Waals surface area contributed by atoms with Crippen LogP contribution in [0.2, 0.25) is 0 Å². The molecule has 1 aromatic rings. The van der Waals surface area contributed by atoms with Crippen molar-refractivity contribution in [2.45, 2.75) is 51.0 Å². The quantitative estimate of drug-likeness (QED) is 0.842. The van der Waals surface area contributed by atoms with Gasteiger partial charge in [0.2, 0.25) is 0 Å². The van der Waals surface area contributed by atoms with Gasteiger partial charge in [0.1, 0.15) is 0 Å². The minimum absolute atomic E-state index is 0.0163. The van der Waals surface area contributed by atoms with E-state index in [-0.39, 0.29) is 12.0 Å². The minimum atomic E-state index is -0.0163. The van der Waals surface area contributed by atoms with Gasteiger partial charge in [-0.2, -0.15) is 0 Å². The molecule has 0 bridgehead atoms. The lowest BCUT2D eigenvalue weighted by atomic mass is 10.0. The number of hydrogen-bond acceptors (Lipinski definition) is 4. The van der Waals surface area contributed by atoms with Crippen molar-refractivity contribution in [2.24, 2.45) is 0 Å². The second-order valence-corrected chi connectivity index (χ2v) is 6.79. The molecule has 4 nitrogen and oxygen atoms in total. The van der Waals surface area contributed by atoms with Crippen LogP contribution in [0.25, 0.3) is 0 Å². The second kappa shape index (κ2) is 6.14. The number of carbonyl (C=O) groups is 1. The molecular formula is C15H22N2O2S. The molecule has 0 radical (unpaired) electrons. The highest BCUT2D eigenvalue weighted by Gasteiger charge is 2.24. The zero-order valence-corrected chi connectivity index (χ0v) is 12.6. The topological polar surface area (TPSA) is 64.4 Å². The molecule has 1 aromatic heterocycles. The molecule has 1 amide bonds. The zero-order valence-electron chi connectivity index (χ0n) is 11.7. The monoisotopic (exact) mass is 294 g/mol. The van der Waals surface area contributed by atoms with Gasteiger partial charge in [-0.15, -0.1) is 11.3 Å². The zero-order chi connectivity index (χ0) is 13.9. The number of rotatable bonds is 3. The van der Waals surface area contributed by atoms with Crippen molar-refractivity contribution in [3.8, 4) is 0 Å². The first-order chi connectivity index (χ1) is 9.75. The third kappa shape index (κ3) is 2.83. The summed E-state index contributed by atoms with van der Waals surface area (Å²) in [5.41, 5.74) is 8.03. The molecule has 0 spiro atoms. The summed E-state index contributed by atoms with van der Waals surface area (Å²) >= 11 is 1.60. The van der Waals surface area contributed by atoms with Gasteiger partial charge in [0, 0.05) is 18.0 Å². The molecule has 1 fully saturated rings. The van der Waals surface area contributed by atoms with E-state index in [9.17, 15) is 4.79 Å². The van der Waals surface area contributed by atoms with Crippen molar-refractivity contribution in [1.82, 2.24) is 5.32 Å². The molecule has 1 aliphatic carbocycles. The molecule has 1 saturated heterocycles. The normalized spacial score (nSPS) is 22.3. The van der Waals surface area contributed by atoms with Crippen LogP contribution in [0.15, 0.2) is 0 Å². The SMILES string of the molecule is Nc1sc2c(c1C(=O)NCC1CCCO1)CCCCC2. The Bertz CT molecular complexity index is 492. The number of hydrogen-bond donors (Lipinski definition) is 2. The van der Waals surface area contributed by atoms with Gasteiger partial charge in [0.25, 0.3) is 5.91 Å². The van der Waals surface area contributed by atoms with Crippen LogP contribution in [-0.4, -0.2) is 25.2 Å². The van der Waals surface area contributed by atoms with Crippen LogP contribution >= 0.6 is 11.3 Å². The van der Waals surface area contributed by atoms with E-state index in [1.165, 1.54) is 23.3 Å². The van der Waals surface area contributed by atoms with E-state index >= 15 is 0 Å². The van der Waals surface area contributed by atoms with Gasteiger partial charge in [-0.25, -0.2) is 0 Å². The van der Waals surface area contributed by atoms with E-state index in [4.69, 9.17) is 10.5 Å². The number of nitrogens with two attached hydrogens (primary N) is 1. The molecule has 2 aliphatic rings. The molecular weight excluding hydrogens is 272 g/mol. The smallest absolute Gasteiger partial charge is 0.254 e. The Morgan fingerprint density at radius 3 is 2.95 bits per heavy atom. The predicted molar refractivity (Wildman–Crippen MR) is 81.3 cm³/mol. The van der Waals surface area contributed by atoms with Crippen LogP contribution < -0.4 is 11.1 Å². The van der Waals surface area contributed by atoms with Crippen molar-refractivity contribution in [3.63, 3.8) is 0 Å². The van der Waals surface area contributed by atoms with Crippen molar-refractivity contribution in [2.75, 3.05) is 18.9 Å². The summed E-state index contributed by atoms with van der Waals surface area (Å²) in [4.78, 5) is 13.7. The van der Waals surface area contributed by atoms with Gasteiger partial charge in [-0.1, -0.05) is 6.42 Å². The van der Waals surface area contributed by atoms with E-state index in [2.05, 4.69) is 5.32 Å². The standard InChI is InChI=1S/C15H22N2O2S/c16-14-13(11-6-2-1-3-7-12(11)20-14)15(18)17-9-10-5-4-8-19-10/h10H,1-9,16H2,(H,17,18). The minimum Gasteiger partial charge on any atom is -0.390 e. The molecule has 20 heavy (non-hydrogen) atoms. The third-order valence-corrected chi connectivity index (χ3v) is 5.31. The van der Waals surface area contributed by atoms with Gasteiger partial charge in [-0.05, 0) is 44.1 Å². The van der Waals surface area contributed by atoms with Crippen molar-refractivity contribution in [1.29, 1.82) is 0 Å². The van der Waals surface area contributed by atoms with E-state index in [0.717, 1.165) is 44.3 Å². The van der Waals surface area contributed by atoms with Crippen LogP contribution in [0.4, 0.5) is 5.00 Å². The van der Waals surface area contributed by atoms with Gasteiger partial charge in [0.15, 0.2) is 0 Å². The Labute approximate surface area is 123 Å². The first kappa shape index (κ1) is 13.9. The maximum Gasteiger partial charge on any atom is 0.254 e. The molecule has 3 N–H and O–H groups in total. The van der Waals surface area contributed by atoms with Gasteiger partial charge in [-0.3, -0.25) is 4.79 Å². The summed E-state index contributed by atoms with van der Waals surface area (Å²) in [6.07, 6.45) is 8.00. The van der Waals surface area contributed by atoms with Crippen molar-refractivity contribution >= 4 is 22.2 Å². The highest BCUT2D eigenvalue weighted by molar-refractivity contribution is 7.16. The largest absolute Gasteiger partial charge is 0.390 e. The molecule has 5 heteroatoms. The van der Waals surface area contributed by atoms with Gasteiger partial charge < -0.3 is 15.8 Å². The Kier molecular flexibility index (Phi) is 4.27. The molecule has 0 saturated carbocycles. The Morgan fingerprint density at radius 1 is 1.30 bits per heavy atom. The third-order valence-electron chi connectivity index (χ3n) is 4.19. The predicted octanol–water partition coefficient (Wildman–Crippen LogP) is 2.51. The number of fused-ring (bicyclic) bond motifs is 1. The number of nitrogen functional groups attached to an aromatic ring is 1. The fourth-order valence-corrected chi connectivity index (χ4v) is 4.27. The first-order valence-electron chi connectivity index (χ1n) is 7.55. The van der Waals surface area contributed by atoms with E-state index in [1.54, 1.807) is 11.3 Å². The summed E-state index contributed by atoms with van der Waals surface area (Å²) in [5, 5.41) is 3.68. The van der Waals surface area contributed by atoms with Crippen LogP contribution in [0.3, 0.4) is 0 Å². The number of amides is 1. The summed E-state index contributed by atoms with van der Waals surface area (Å²) < 4.78 is 5.54. The Morgan fingerprint density at radius 2 is 2.15 bits per heavy atom. The Hall–Kier alpha value is -1.07. The lowest BCUT2D eigenvalue weighted by molar-refractivity contribution is 0.0858. The highest BCUT2D eigenvalue weighted by Crippen LogP contribution is 2.35. The van der Waals surface area contributed by atoms with Crippen LogP contribution in [0.1, 0.15) is 52.9 Å². The molecule has 0 aromatic carbocycles. The van der Waals surface area contributed by atoms with Crippen LogP contribution in [-0.2, 0) is 17.6 Å². The van der Waals surface area contributed by atoms with Crippen molar-refractivity contribution < 1.29 is 9.53 Å². The van der Waals surface area contributed by atoms with Gasteiger partial charge >= 0.3 is 0 Å². The fraction of sp³-hybridized carbons (Fsp3) is 0.667. The number of aryl methyl sites for hydroxylation is 1. The summed E-state index contributed by atoms with van der Waals surface area (Å²) in [7, 11) is 0. The number of carbonyl (C=O) groups excluding carboxylic acids is 1. The Balaban J connectivity index is 1.71. The van der Waals surface area contributed by atoms with Crippen molar-refractivity contribution in [3.05, 3.63) is 16.0 Å². The maximum absolute atomic E-state index is 12.4. The lowest BCUT2D eigenvalue weighted by Crippen LogP contribution is -2.32. The average Bonchev–Trinajstić information content (AvgIpc) is 2.99. The van der Waals surface area contributed by atoms with Crippen LogP contribution in [0, 0.1) is 0 Å². The van der Waals surface area contributed by atoms with E-state index < -0.39 is 0 Å². The molecule has 1 unspecified atom stereocenters. The summed E-state index contributed by atoms with van der Waals surface area (Å²) in [6, 6.07) is 0.